The van der Waals surface area contributed by atoms with Crippen molar-refractivity contribution >= 4 is 12.0 Å². The molecule has 0 amide bonds. The molecule has 0 heterocycles. The van der Waals surface area contributed by atoms with Gasteiger partial charge in [0.05, 0.1) is 0 Å². The van der Waals surface area contributed by atoms with Gasteiger partial charge in [-0.3, -0.25) is 4.79 Å². The molecule has 0 aromatic heterocycles. The molecule has 0 aliphatic carbocycles. The Morgan fingerprint density at radius 1 is 1.41 bits per heavy atom. The van der Waals surface area contributed by atoms with E-state index in [4.69, 9.17) is 4.74 Å². The molecule has 0 saturated carbocycles. The van der Waals surface area contributed by atoms with Gasteiger partial charge in [0, 0.05) is 24.4 Å². The van der Waals surface area contributed by atoms with Crippen molar-refractivity contribution in [2.75, 3.05) is 18.1 Å². The van der Waals surface area contributed by atoms with Crippen LogP contribution in [0.5, 0.6) is 0 Å². The van der Waals surface area contributed by atoms with E-state index in [1.165, 1.54) is 0 Å². The number of nitrogens with zero attached hydrogens (tertiary/aromatic N) is 1. The summed E-state index contributed by atoms with van der Waals surface area (Å²) in [6, 6.07) is 5.86. The molecule has 17 heavy (non-hydrogen) atoms. The molecule has 0 bridgehead atoms. The molecule has 0 radical (unpaired) electrons. The van der Waals surface area contributed by atoms with E-state index in [9.17, 15) is 4.79 Å². The van der Waals surface area contributed by atoms with Gasteiger partial charge in [-0.15, -0.1) is 0 Å². The number of rotatable bonds is 6. The van der Waals surface area contributed by atoms with E-state index in [1.54, 1.807) is 0 Å². The number of anilines is 1. The summed E-state index contributed by atoms with van der Waals surface area (Å²) in [6.07, 6.45) is 0.938. The van der Waals surface area contributed by atoms with E-state index < -0.39 is 0 Å². The molecule has 0 aliphatic rings. The molecule has 1 unspecified atom stereocenters. The summed E-state index contributed by atoms with van der Waals surface area (Å²) in [5.74, 6) is 0. The van der Waals surface area contributed by atoms with Gasteiger partial charge in [-0.2, -0.15) is 0 Å². The molecule has 0 N–H and O–H groups in total. The Bertz CT molecular complexity index is 376. The van der Waals surface area contributed by atoms with Crippen LogP contribution in [0.25, 0.3) is 0 Å². The van der Waals surface area contributed by atoms with Crippen molar-refractivity contribution in [3.63, 3.8) is 0 Å². The molecule has 0 spiro atoms. The van der Waals surface area contributed by atoms with Crippen LogP contribution in [-0.2, 0) is 4.74 Å². The van der Waals surface area contributed by atoms with E-state index in [2.05, 4.69) is 11.8 Å². The van der Waals surface area contributed by atoms with Crippen LogP contribution in [0.2, 0.25) is 0 Å². The lowest BCUT2D eigenvalue weighted by atomic mass is 10.1. The lowest BCUT2D eigenvalue weighted by Crippen LogP contribution is -2.35. The summed E-state index contributed by atoms with van der Waals surface area (Å²) >= 11 is 0. The number of ether oxygens (including phenoxy) is 1. The van der Waals surface area contributed by atoms with Crippen LogP contribution in [0.1, 0.15) is 36.7 Å². The zero-order chi connectivity index (χ0) is 12.8. The Morgan fingerprint density at radius 2 is 2.12 bits per heavy atom. The molecular weight excluding hydrogens is 214 g/mol. The quantitative estimate of drug-likeness (QED) is 0.560. The van der Waals surface area contributed by atoms with Crippen molar-refractivity contribution < 1.29 is 9.53 Å². The SMILES string of the molecule is CCOC(C)N(CC)c1ccc(C=O)c(C)c1. The van der Waals surface area contributed by atoms with Gasteiger partial charge in [0.1, 0.15) is 12.5 Å². The van der Waals surface area contributed by atoms with Crippen molar-refractivity contribution in [1.82, 2.24) is 0 Å². The Kier molecular flexibility index (Phi) is 5.16. The van der Waals surface area contributed by atoms with Crippen LogP contribution in [0.15, 0.2) is 18.2 Å². The fourth-order valence-electron chi connectivity index (χ4n) is 1.95. The maximum absolute atomic E-state index is 10.8. The van der Waals surface area contributed by atoms with Crippen LogP contribution in [0.3, 0.4) is 0 Å². The topological polar surface area (TPSA) is 29.5 Å². The first-order valence-electron chi connectivity index (χ1n) is 6.08. The standard InChI is InChI=1S/C14H21NO2/c1-5-15(12(4)17-6-2)14-8-7-13(10-16)11(3)9-14/h7-10,12H,5-6H2,1-4H3. The third kappa shape index (κ3) is 3.30. The normalized spacial score (nSPS) is 12.2. The van der Waals surface area contributed by atoms with Crippen molar-refractivity contribution in [2.24, 2.45) is 0 Å². The monoisotopic (exact) mass is 235 g/mol. The zero-order valence-corrected chi connectivity index (χ0v) is 11.1. The Morgan fingerprint density at radius 3 is 2.59 bits per heavy atom. The minimum absolute atomic E-state index is 0.0477. The minimum Gasteiger partial charge on any atom is -0.359 e. The first kappa shape index (κ1) is 13.7. The van der Waals surface area contributed by atoms with Crippen molar-refractivity contribution in [2.45, 2.75) is 33.9 Å². The van der Waals surface area contributed by atoms with Gasteiger partial charge < -0.3 is 9.64 Å². The summed E-state index contributed by atoms with van der Waals surface area (Å²) in [6.45, 7) is 9.65. The number of aryl methyl sites for hydroxylation is 1. The van der Waals surface area contributed by atoms with Gasteiger partial charge in [0.25, 0.3) is 0 Å². The summed E-state index contributed by atoms with van der Waals surface area (Å²) in [5.41, 5.74) is 2.84. The molecule has 1 aromatic carbocycles. The third-order valence-electron chi connectivity index (χ3n) is 2.90. The van der Waals surface area contributed by atoms with Gasteiger partial charge in [0.2, 0.25) is 0 Å². The van der Waals surface area contributed by atoms with E-state index >= 15 is 0 Å². The molecule has 1 aromatic rings. The molecule has 1 rings (SSSR count). The van der Waals surface area contributed by atoms with Crippen LogP contribution in [0, 0.1) is 6.92 Å². The Balaban J connectivity index is 2.96. The van der Waals surface area contributed by atoms with E-state index in [-0.39, 0.29) is 6.23 Å². The Labute approximate surface area is 103 Å². The smallest absolute Gasteiger partial charge is 0.150 e. The number of carbonyl (C=O) groups excluding carboxylic acids is 1. The molecule has 94 valence electrons. The lowest BCUT2D eigenvalue weighted by molar-refractivity contribution is 0.0742. The van der Waals surface area contributed by atoms with Gasteiger partial charge in [0.15, 0.2) is 0 Å². The maximum atomic E-state index is 10.8. The number of carbonyl (C=O) groups is 1. The fourth-order valence-corrected chi connectivity index (χ4v) is 1.95. The van der Waals surface area contributed by atoms with Gasteiger partial charge in [-0.05, 0) is 51.5 Å². The van der Waals surface area contributed by atoms with Crippen molar-refractivity contribution in [1.29, 1.82) is 0 Å². The van der Waals surface area contributed by atoms with Gasteiger partial charge >= 0.3 is 0 Å². The van der Waals surface area contributed by atoms with Crippen LogP contribution in [-0.4, -0.2) is 25.7 Å². The van der Waals surface area contributed by atoms with Gasteiger partial charge in [-0.25, -0.2) is 0 Å². The number of hydrogen-bond donors (Lipinski definition) is 0. The van der Waals surface area contributed by atoms with Crippen LogP contribution < -0.4 is 4.90 Å². The summed E-state index contributed by atoms with van der Waals surface area (Å²) in [7, 11) is 0. The largest absolute Gasteiger partial charge is 0.359 e. The highest BCUT2D eigenvalue weighted by atomic mass is 16.5. The molecule has 1 atom stereocenters. The summed E-state index contributed by atoms with van der Waals surface area (Å²) in [4.78, 5) is 12.9. The lowest BCUT2D eigenvalue weighted by Gasteiger charge is -2.30. The number of aldehydes is 1. The van der Waals surface area contributed by atoms with Gasteiger partial charge in [-0.1, -0.05) is 0 Å². The van der Waals surface area contributed by atoms with E-state index in [1.807, 2.05) is 39.0 Å². The van der Waals surface area contributed by atoms with Crippen molar-refractivity contribution in [3.8, 4) is 0 Å². The minimum atomic E-state index is 0.0477. The molecule has 3 nitrogen and oxygen atoms in total. The predicted octanol–water partition coefficient (Wildman–Crippen LogP) is 3.02. The second-order valence-corrected chi connectivity index (χ2v) is 4.00. The average molecular weight is 235 g/mol. The fraction of sp³-hybridized carbons (Fsp3) is 0.500. The van der Waals surface area contributed by atoms with Crippen LogP contribution in [0.4, 0.5) is 5.69 Å². The first-order valence-corrected chi connectivity index (χ1v) is 6.08. The zero-order valence-electron chi connectivity index (χ0n) is 11.1. The average Bonchev–Trinajstić information content (AvgIpc) is 2.30. The van der Waals surface area contributed by atoms with Crippen LogP contribution >= 0.6 is 0 Å². The number of benzene rings is 1. The number of hydrogen-bond acceptors (Lipinski definition) is 3. The van der Waals surface area contributed by atoms with E-state index in [0.29, 0.717) is 6.61 Å². The molecule has 0 fully saturated rings. The Hall–Kier alpha value is -1.35. The van der Waals surface area contributed by atoms with Crippen molar-refractivity contribution in [3.05, 3.63) is 29.3 Å². The highest BCUT2D eigenvalue weighted by Gasteiger charge is 2.13. The summed E-state index contributed by atoms with van der Waals surface area (Å²) < 4.78 is 5.60. The third-order valence-corrected chi connectivity index (χ3v) is 2.90. The highest BCUT2D eigenvalue weighted by molar-refractivity contribution is 5.78. The second-order valence-electron chi connectivity index (χ2n) is 4.00. The molecule has 0 aliphatic heterocycles. The molecule has 0 saturated heterocycles. The molecule has 3 heteroatoms. The second kappa shape index (κ2) is 6.40. The maximum Gasteiger partial charge on any atom is 0.150 e. The first-order chi connectivity index (χ1) is 8.13. The molecular formula is C14H21NO2. The summed E-state index contributed by atoms with van der Waals surface area (Å²) in [5, 5.41) is 0. The van der Waals surface area contributed by atoms with E-state index in [0.717, 1.165) is 29.6 Å². The highest BCUT2D eigenvalue weighted by Crippen LogP contribution is 2.20. The predicted molar refractivity (Wildman–Crippen MR) is 70.7 cm³/mol.